The highest BCUT2D eigenvalue weighted by Gasteiger charge is 2.36. The molecule has 4 N–H and O–H groups in total. The summed E-state index contributed by atoms with van der Waals surface area (Å²) in [7, 11) is 0. The molecule has 1 aliphatic carbocycles. The van der Waals surface area contributed by atoms with Gasteiger partial charge in [-0.3, -0.25) is 4.79 Å². The van der Waals surface area contributed by atoms with E-state index < -0.39 is 6.03 Å². The summed E-state index contributed by atoms with van der Waals surface area (Å²) >= 11 is 0. The Bertz CT molecular complexity index is 793. The van der Waals surface area contributed by atoms with E-state index in [1.54, 1.807) is 18.2 Å². The molecule has 130 valence electrons. The van der Waals surface area contributed by atoms with Gasteiger partial charge >= 0.3 is 6.03 Å². The minimum atomic E-state index is -0.608. The van der Waals surface area contributed by atoms with Crippen molar-refractivity contribution >= 4 is 23.7 Å². The van der Waals surface area contributed by atoms with E-state index in [-0.39, 0.29) is 5.91 Å². The lowest BCUT2D eigenvalue weighted by atomic mass is 10.2. The van der Waals surface area contributed by atoms with Gasteiger partial charge in [0.15, 0.2) is 0 Å². The second kappa shape index (κ2) is 7.25. The van der Waals surface area contributed by atoms with Gasteiger partial charge < -0.3 is 20.8 Å². The molecule has 1 aromatic heterocycles. The Morgan fingerprint density at radius 3 is 2.60 bits per heavy atom. The fourth-order valence-corrected chi connectivity index (χ4v) is 2.63. The zero-order valence-corrected chi connectivity index (χ0v) is 14.0. The summed E-state index contributed by atoms with van der Waals surface area (Å²) in [5.74, 6) is 2.71. The van der Waals surface area contributed by atoms with Crippen LogP contribution < -0.4 is 16.4 Å². The first-order valence-corrected chi connectivity index (χ1v) is 8.22. The van der Waals surface area contributed by atoms with Crippen LogP contribution in [0.15, 0.2) is 46.9 Å². The highest BCUT2D eigenvalue weighted by Crippen LogP contribution is 2.47. The molecule has 0 spiro atoms. The Hall–Kier alpha value is -3.02. The molecular weight excluding hydrogens is 318 g/mol. The predicted octanol–water partition coefficient (Wildman–Crippen LogP) is 3.22. The number of urea groups is 1. The van der Waals surface area contributed by atoms with E-state index in [9.17, 15) is 9.59 Å². The fourth-order valence-electron chi connectivity index (χ4n) is 2.63. The van der Waals surface area contributed by atoms with Crippen LogP contribution in [0, 0.1) is 5.92 Å². The molecule has 1 fully saturated rings. The summed E-state index contributed by atoms with van der Waals surface area (Å²) in [5, 5.41) is 5.28. The van der Waals surface area contributed by atoms with Gasteiger partial charge in [-0.1, -0.05) is 19.1 Å². The molecule has 0 bridgehead atoms. The van der Waals surface area contributed by atoms with Crippen LogP contribution in [0.4, 0.5) is 10.5 Å². The Balaban J connectivity index is 1.47. The fraction of sp³-hybridized carbons (Fsp3) is 0.263. The number of benzene rings is 1. The number of nitrogens with one attached hydrogen (secondary N) is 2. The first kappa shape index (κ1) is 16.8. The lowest BCUT2D eigenvalue weighted by Gasteiger charge is -2.05. The molecule has 2 aromatic rings. The number of carbonyl (C=O) groups is 2. The first-order chi connectivity index (χ1) is 12.0. The van der Waals surface area contributed by atoms with Crippen LogP contribution in [0.1, 0.15) is 36.3 Å². The van der Waals surface area contributed by atoms with Crippen molar-refractivity contribution < 1.29 is 14.0 Å². The number of carbonyl (C=O) groups excluding carboxylic acids is 2. The average Bonchev–Trinajstić information content (AvgIpc) is 3.12. The third-order valence-electron chi connectivity index (χ3n) is 4.21. The maximum Gasteiger partial charge on any atom is 0.316 e. The van der Waals surface area contributed by atoms with Crippen LogP contribution in [0.25, 0.3) is 6.08 Å². The number of hydrogen-bond acceptors (Lipinski definition) is 3. The zero-order chi connectivity index (χ0) is 17.8. The molecule has 2 unspecified atom stereocenters. The van der Waals surface area contributed by atoms with Gasteiger partial charge in [-0.25, -0.2) is 4.79 Å². The summed E-state index contributed by atoms with van der Waals surface area (Å²) in [4.78, 5) is 22.6. The molecule has 3 amide bonds. The summed E-state index contributed by atoms with van der Waals surface area (Å²) in [6.45, 7) is 2.59. The van der Waals surface area contributed by atoms with Crippen LogP contribution in [0.3, 0.4) is 0 Å². The minimum Gasteiger partial charge on any atom is -0.461 e. The van der Waals surface area contributed by atoms with Gasteiger partial charge in [0.25, 0.3) is 0 Å². The van der Waals surface area contributed by atoms with Crippen molar-refractivity contribution in [1.29, 1.82) is 0 Å². The molecule has 1 saturated carbocycles. The highest BCUT2D eigenvalue weighted by atomic mass is 16.3. The number of rotatable bonds is 6. The van der Waals surface area contributed by atoms with Crippen molar-refractivity contribution in [1.82, 2.24) is 5.32 Å². The number of amides is 3. The summed E-state index contributed by atoms with van der Waals surface area (Å²) < 4.78 is 5.72. The molecule has 6 heteroatoms. The van der Waals surface area contributed by atoms with Crippen molar-refractivity contribution in [3.63, 3.8) is 0 Å². The van der Waals surface area contributed by atoms with Crippen molar-refractivity contribution in [2.24, 2.45) is 11.7 Å². The molecule has 3 rings (SSSR count). The Morgan fingerprint density at radius 1 is 1.24 bits per heavy atom. The van der Waals surface area contributed by atoms with E-state index in [0.717, 1.165) is 11.3 Å². The second-order valence-electron chi connectivity index (χ2n) is 6.30. The SMILES string of the molecule is CC1CC1c1ccc(/C=C/C(=O)NCc2ccc(NC(N)=O)cc2)o1. The molecule has 1 aliphatic rings. The first-order valence-electron chi connectivity index (χ1n) is 8.22. The summed E-state index contributed by atoms with van der Waals surface area (Å²) in [6.07, 6.45) is 4.30. The van der Waals surface area contributed by atoms with Crippen LogP contribution in [0.2, 0.25) is 0 Å². The number of hydrogen-bond donors (Lipinski definition) is 3. The molecular formula is C19H21N3O3. The molecule has 25 heavy (non-hydrogen) atoms. The van der Waals surface area contributed by atoms with Gasteiger partial charge in [-0.15, -0.1) is 0 Å². The van der Waals surface area contributed by atoms with E-state index in [4.69, 9.17) is 10.2 Å². The topological polar surface area (TPSA) is 97.4 Å². The monoisotopic (exact) mass is 339 g/mol. The van der Waals surface area contributed by atoms with Gasteiger partial charge in [0.05, 0.1) is 0 Å². The molecule has 6 nitrogen and oxygen atoms in total. The van der Waals surface area contributed by atoms with Crippen LogP contribution in [0.5, 0.6) is 0 Å². The van der Waals surface area contributed by atoms with Crippen molar-refractivity contribution in [2.45, 2.75) is 25.8 Å². The standard InChI is InChI=1S/C19H21N3O3/c1-12-10-16(12)17-8-6-15(25-17)7-9-18(23)21-11-13-2-4-14(5-3-13)22-19(20)24/h2-9,12,16H,10-11H2,1H3,(H,21,23)(H3,20,22,24)/b9-7+. The molecule has 1 aromatic carbocycles. The number of furan rings is 1. The van der Waals surface area contributed by atoms with Crippen LogP contribution in [-0.2, 0) is 11.3 Å². The lowest BCUT2D eigenvalue weighted by Crippen LogP contribution is -2.20. The molecule has 0 saturated heterocycles. The number of nitrogens with two attached hydrogens (primary N) is 1. The van der Waals surface area contributed by atoms with Crippen molar-refractivity contribution in [3.8, 4) is 0 Å². The molecule has 0 radical (unpaired) electrons. The van der Waals surface area contributed by atoms with Crippen molar-refractivity contribution in [3.05, 3.63) is 59.6 Å². The smallest absolute Gasteiger partial charge is 0.316 e. The van der Waals surface area contributed by atoms with Gasteiger partial charge in [-0.2, -0.15) is 0 Å². The van der Waals surface area contributed by atoms with Gasteiger partial charge in [0.2, 0.25) is 5.91 Å². The highest BCUT2D eigenvalue weighted by molar-refractivity contribution is 5.91. The second-order valence-corrected chi connectivity index (χ2v) is 6.30. The maximum atomic E-state index is 11.9. The van der Waals surface area contributed by atoms with Gasteiger partial charge in [-0.05, 0) is 48.2 Å². The van der Waals surface area contributed by atoms with Crippen LogP contribution >= 0.6 is 0 Å². The normalized spacial score (nSPS) is 18.9. The lowest BCUT2D eigenvalue weighted by molar-refractivity contribution is -0.116. The Kier molecular flexibility index (Phi) is 4.88. The molecule has 2 atom stereocenters. The minimum absolute atomic E-state index is 0.197. The molecule has 1 heterocycles. The van der Waals surface area contributed by atoms with Crippen molar-refractivity contribution in [2.75, 3.05) is 5.32 Å². The molecule has 0 aliphatic heterocycles. The van der Waals surface area contributed by atoms with E-state index in [2.05, 4.69) is 17.6 Å². The van der Waals surface area contributed by atoms with E-state index in [0.29, 0.717) is 29.8 Å². The van der Waals surface area contributed by atoms with E-state index >= 15 is 0 Å². The van der Waals surface area contributed by atoms with Crippen LogP contribution in [-0.4, -0.2) is 11.9 Å². The average molecular weight is 339 g/mol. The quantitative estimate of drug-likeness (QED) is 0.705. The third kappa shape index (κ3) is 4.73. The zero-order valence-electron chi connectivity index (χ0n) is 14.0. The van der Waals surface area contributed by atoms with E-state index in [1.165, 1.54) is 12.5 Å². The largest absolute Gasteiger partial charge is 0.461 e. The maximum absolute atomic E-state index is 11.9. The predicted molar refractivity (Wildman–Crippen MR) is 95.8 cm³/mol. The number of anilines is 1. The third-order valence-corrected chi connectivity index (χ3v) is 4.21. The Morgan fingerprint density at radius 2 is 1.96 bits per heavy atom. The van der Waals surface area contributed by atoms with Gasteiger partial charge in [0, 0.05) is 24.2 Å². The summed E-state index contributed by atoms with van der Waals surface area (Å²) in [5.41, 5.74) is 6.58. The van der Waals surface area contributed by atoms with E-state index in [1.807, 2.05) is 24.3 Å². The number of primary amides is 1. The summed E-state index contributed by atoms with van der Waals surface area (Å²) in [6, 6.07) is 10.3. The Labute approximate surface area is 146 Å². The van der Waals surface area contributed by atoms with Gasteiger partial charge in [0.1, 0.15) is 11.5 Å².